The summed E-state index contributed by atoms with van der Waals surface area (Å²) in [6, 6.07) is 2.03. The molecule has 2 rings (SSSR count). The molecule has 0 amide bonds. The Balaban J connectivity index is 1.94. The predicted octanol–water partition coefficient (Wildman–Crippen LogP) is 1.19. The van der Waals surface area contributed by atoms with Crippen molar-refractivity contribution in [2.24, 2.45) is 0 Å². The Morgan fingerprint density at radius 1 is 1.53 bits per heavy atom. The van der Waals surface area contributed by atoms with Crippen LogP contribution < -0.4 is 0 Å². The van der Waals surface area contributed by atoms with Gasteiger partial charge in [-0.1, -0.05) is 0 Å². The van der Waals surface area contributed by atoms with Crippen LogP contribution in [0, 0.1) is 0 Å². The molecule has 0 saturated heterocycles. The lowest BCUT2D eigenvalue weighted by Gasteiger charge is -2.02. The van der Waals surface area contributed by atoms with Crippen molar-refractivity contribution in [3.8, 4) is 0 Å². The molecule has 2 heterocycles. The molecule has 0 atom stereocenters. The van der Waals surface area contributed by atoms with E-state index in [2.05, 4.69) is 20.9 Å². The third-order valence-electron chi connectivity index (χ3n) is 2.31. The van der Waals surface area contributed by atoms with Gasteiger partial charge in [0.2, 0.25) is 0 Å². The second-order valence-corrected chi connectivity index (χ2v) is 4.40. The summed E-state index contributed by atoms with van der Waals surface area (Å²) < 4.78 is 1.67. The van der Waals surface area contributed by atoms with Gasteiger partial charge < -0.3 is 5.11 Å². The number of aromatic nitrogens is 4. The molecule has 90 valence electrons. The quantitative estimate of drug-likeness (QED) is 0.835. The minimum Gasteiger partial charge on any atom is -0.481 e. The number of carboxylic acid groups (broad SMARTS) is 1. The molecular weight excluding hydrogens is 240 g/mol. The van der Waals surface area contributed by atoms with E-state index in [4.69, 9.17) is 5.11 Å². The number of tetrazole rings is 1. The standard InChI is InChI=1S/C10H12N4O2S/c15-10(16)2-1-4-14-9(11-12-13-14)6-8-3-5-17-7-8/h3,5,7H,1-2,4,6H2,(H,15,16). The highest BCUT2D eigenvalue weighted by atomic mass is 32.1. The van der Waals surface area contributed by atoms with Gasteiger partial charge in [-0.3, -0.25) is 4.79 Å². The first-order valence-corrected chi connectivity index (χ1v) is 6.18. The molecule has 0 radical (unpaired) electrons. The van der Waals surface area contributed by atoms with Crippen LogP contribution in [-0.2, 0) is 17.8 Å². The topological polar surface area (TPSA) is 80.9 Å². The van der Waals surface area contributed by atoms with Crippen LogP contribution in [0.25, 0.3) is 0 Å². The van der Waals surface area contributed by atoms with Gasteiger partial charge in [0.05, 0.1) is 0 Å². The SMILES string of the molecule is O=C(O)CCCn1nnnc1Cc1ccsc1. The number of carbonyl (C=O) groups is 1. The van der Waals surface area contributed by atoms with Gasteiger partial charge in [0.15, 0.2) is 5.82 Å². The molecule has 7 heteroatoms. The minimum absolute atomic E-state index is 0.137. The van der Waals surface area contributed by atoms with E-state index in [0.717, 1.165) is 5.82 Å². The summed E-state index contributed by atoms with van der Waals surface area (Å²) in [4.78, 5) is 10.4. The van der Waals surface area contributed by atoms with Gasteiger partial charge in [-0.15, -0.1) is 5.10 Å². The molecule has 2 aromatic heterocycles. The minimum atomic E-state index is -0.794. The molecule has 0 aromatic carbocycles. The molecule has 0 aliphatic rings. The zero-order chi connectivity index (χ0) is 12.1. The van der Waals surface area contributed by atoms with Crippen molar-refractivity contribution >= 4 is 17.3 Å². The summed E-state index contributed by atoms with van der Waals surface area (Å²) in [6.45, 7) is 0.540. The average molecular weight is 252 g/mol. The fourth-order valence-electron chi connectivity index (χ4n) is 1.48. The largest absolute Gasteiger partial charge is 0.481 e. The smallest absolute Gasteiger partial charge is 0.303 e. The highest BCUT2D eigenvalue weighted by Gasteiger charge is 2.07. The van der Waals surface area contributed by atoms with E-state index in [1.54, 1.807) is 16.0 Å². The van der Waals surface area contributed by atoms with E-state index in [1.165, 1.54) is 5.56 Å². The van der Waals surface area contributed by atoms with Gasteiger partial charge in [-0.25, -0.2) is 4.68 Å². The zero-order valence-corrected chi connectivity index (χ0v) is 9.93. The van der Waals surface area contributed by atoms with E-state index in [9.17, 15) is 4.79 Å². The van der Waals surface area contributed by atoms with Gasteiger partial charge in [0, 0.05) is 19.4 Å². The number of hydrogen-bond acceptors (Lipinski definition) is 5. The number of aryl methyl sites for hydroxylation is 1. The van der Waals surface area contributed by atoms with Crippen molar-refractivity contribution in [3.05, 3.63) is 28.2 Å². The van der Waals surface area contributed by atoms with E-state index in [1.807, 2.05) is 11.4 Å². The van der Waals surface area contributed by atoms with Crippen molar-refractivity contribution in [3.63, 3.8) is 0 Å². The second kappa shape index (κ2) is 5.53. The normalized spacial score (nSPS) is 10.6. The van der Waals surface area contributed by atoms with Gasteiger partial charge in [-0.05, 0) is 39.2 Å². The molecule has 1 N–H and O–H groups in total. The summed E-state index contributed by atoms with van der Waals surface area (Å²) in [5.74, 6) is -0.0220. The first-order chi connectivity index (χ1) is 8.25. The fourth-order valence-corrected chi connectivity index (χ4v) is 2.15. The molecule has 6 nitrogen and oxygen atoms in total. The fraction of sp³-hybridized carbons (Fsp3) is 0.400. The van der Waals surface area contributed by atoms with Crippen LogP contribution in [0.4, 0.5) is 0 Å². The average Bonchev–Trinajstić information content (AvgIpc) is 2.91. The van der Waals surface area contributed by atoms with Crippen molar-refractivity contribution in [1.29, 1.82) is 0 Å². The number of carboxylic acids is 1. The molecule has 0 spiro atoms. The van der Waals surface area contributed by atoms with Crippen LogP contribution in [0.2, 0.25) is 0 Å². The van der Waals surface area contributed by atoms with Crippen LogP contribution in [-0.4, -0.2) is 31.3 Å². The highest BCUT2D eigenvalue weighted by Crippen LogP contribution is 2.10. The summed E-state index contributed by atoms with van der Waals surface area (Å²) in [6.07, 6.45) is 1.36. The van der Waals surface area contributed by atoms with Gasteiger partial charge in [0.25, 0.3) is 0 Å². The second-order valence-electron chi connectivity index (χ2n) is 3.62. The number of nitrogens with zero attached hydrogens (tertiary/aromatic N) is 4. The van der Waals surface area contributed by atoms with E-state index in [-0.39, 0.29) is 6.42 Å². The Hall–Kier alpha value is -1.76. The molecule has 2 aromatic rings. The van der Waals surface area contributed by atoms with E-state index in [0.29, 0.717) is 19.4 Å². The Labute approximate surface area is 102 Å². The first-order valence-electron chi connectivity index (χ1n) is 5.23. The Morgan fingerprint density at radius 3 is 3.12 bits per heavy atom. The summed E-state index contributed by atoms with van der Waals surface area (Å²) in [5, 5.41) is 24.0. The van der Waals surface area contributed by atoms with Gasteiger partial charge >= 0.3 is 5.97 Å². The van der Waals surface area contributed by atoms with Crippen LogP contribution in [0.5, 0.6) is 0 Å². The van der Waals surface area contributed by atoms with Crippen molar-refractivity contribution in [2.75, 3.05) is 0 Å². The van der Waals surface area contributed by atoms with E-state index < -0.39 is 5.97 Å². The monoisotopic (exact) mass is 252 g/mol. The summed E-state index contributed by atoms with van der Waals surface area (Å²) in [7, 11) is 0. The lowest BCUT2D eigenvalue weighted by Crippen LogP contribution is -2.08. The molecule has 0 unspecified atom stereocenters. The highest BCUT2D eigenvalue weighted by molar-refractivity contribution is 7.07. The Kier molecular flexibility index (Phi) is 3.81. The summed E-state index contributed by atoms with van der Waals surface area (Å²) >= 11 is 1.63. The van der Waals surface area contributed by atoms with Crippen LogP contribution in [0.1, 0.15) is 24.2 Å². The Morgan fingerprint density at radius 2 is 2.41 bits per heavy atom. The lowest BCUT2D eigenvalue weighted by molar-refractivity contribution is -0.137. The lowest BCUT2D eigenvalue weighted by atomic mass is 10.2. The number of rotatable bonds is 6. The predicted molar refractivity (Wildman–Crippen MR) is 61.8 cm³/mol. The van der Waals surface area contributed by atoms with Crippen LogP contribution in [0.3, 0.4) is 0 Å². The summed E-state index contributed by atoms with van der Waals surface area (Å²) in [5.41, 5.74) is 1.17. The maximum Gasteiger partial charge on any atom is 0.303 e. The van der Waals surface area contributed by atoms with Crippen molar-refractivity contribution < 1.29 is 9.90 Å². The molecule has 0 saturated carbocycles. The molecular formula is C10H12N4O2S. The maximum absolute atomic E-state index is 10.4. The van der Waals surface area contributed by atoms with Crippen LogP contribution >= 0.6 is 11.3 Å². The molecule has 0 bridgehead atoms. The number of thiophene rings is 1. The Bertz CT molecular complexity index is 480. The molecule has 0 aliphatic heterocycles. The molecule has 17 heavy (non-hydrogen) atoms. The molecule has 0 aliphatic carbocycles. The molecule has 0 fully saturated rings. The zero-order valence-electron chi connectivity index (χ0n) is 9.11. The third kappa shape index (κ3) is 3.35. The number of hydrogen-bond donors (Lipinski definition) is 1. The third-order valence-corrected chi connectivity index (χ3v) is 3.04. The first kappa shape index (κ1) is 11.7. The van der Waals surface area contributed by atoms with Crippen molar-refractivity contribution in [1.82, 2.24) is 20.2 Å². The van der Waals surface area contributed by atoms with Gasteiger partial charge in [-0.2, -0.15) is 11.3 Å². The van der Waals surface area contributed by atoms with Crippen LogP contribution in [0.15, 0.2) is 16.8 Å². The maximum atomic E-state index is 10.4. The van der Waals surface area contributed by atoms with Gasteiger partial charge in [0.1, 0.15) is 0 Å². The van der Waals surface area contributed by atoms with E-state index >= 15 is 0 Å². The van der Waals surface area contributed by atoms with Crippen molar-refractivity contribution in [2.45, 2.75) is 25.8 Å². The number of aliphatic carboxylic acids is 1.